The molecular weight excluding hydrogens is 823 g/mol. The number of rotatable bonds is 15. The van der Waals surface area contributed by atoms with Gasteiger partial charge in [0.25, 0.3) is 23.6 Å². The summed E-state index contributed by atoms with van der Waals surface area (Å²) < 4.78 is 23.3. The van der Waals surface area contributed by atoms with Gasteiger partial charge in [-0.05, 0) is 55.3 Å². The van der Waals surface area contributed by atoms with Crippen molar-refractivity contribution < 1.29 is 38.2 Å². The summed E-state index contributed by atoms with van der Waals surface area (Å²) in [5, 5.41) is 9.14. The summed E-state index contributed by atoms with van der Waals surface area (Å²) in [7, 11) is 6.55. The van der Waals surface area contributed by atoms with Gasteiger partial charge < -0.3 is 54.5 Å². The molecule has 19 nitrogen and oxygen atoms in total. The van der Waals surface area contributed by atoms with Gasteiger partial charge in [0.05, 0.1) is 47.4 Å². The van der Waals surface area contributed by atoms with Gasteiger partial charge in [-0.1, -0.05) is 12.2 Å². The third-order valence-electron chi connectivity index (χ3n) is 10.8. The van der Waals surface area contributed by atoms with E-state index in [9.17, 15) is 24.0 Å². The zero-order valence-electron chi connectivity index (χ0n) is 35.7. The molecule has 0 saturated carbocycles. The summed E-state index contributed by atoms with van der Waals surface area (Å²) in [5.74, 6) is -0.887. The van der Waals surface area contributed by atoms with Gasteiger partial charge >= 0.3 is 0 Å². The quantitative estimate of drug-likeness (QED) is 0.0605. The van der Waals surface area contributed by atoms with Crippen LogP contribution in [0.15, 0.2) is 90.5 Å². The lowest BCUT2D eigenvalue weighted by atomic mass is 10.1. The molecule has 64 heavy (non-hydrogen) atoms. The number of imidazole rings is 1. The average Bonchev–Trinajstić information content (AvgIpc) is 4.08. The minimum atomic E-state index is -0.568. The smallest absolute Gasteiger partial charge is 0.291 e. The van der Waals surface area contributed by atoms with Crippen LogP contribution >= 0.6 is 0 Å². The first-order valence-electron chi connectivity index (χ1n) is 20.4. The summed E-state index contributed by atoms with van der Waals surface area (Å²) in [6, 6.07) is 13.4. The number of fused-ring (bicyclic) bond motifs is 3. The number of carbonyl (C=O) groups is 5. The highest BCUT2D eigenvalue weighted by Crippen LogP contribution is 2.39. The molecule has 4 aromatic heterocycles. The van der Waals surface area contributed by atoms with Crippen molar-refractivity contribution in [2.24, 2.45) is 26.1 Å². The zero-order valence-corrected chi connectivity index (χ0v) is 35.7. The Kier molecular flexibility index (Phi) is 11.9. The molecule has 0 aliphatic carbocycles. The van der Waals surface area contributed by atoms with Crippen molar-refractivity contribution in [3.63, 3.8) is 0 Å². The molecule has 1 atom stereocenters. The Labute approximate surface area is 367 Å². The van der Waals surface area contributed by atoms with Crippen LogP contribution in [0, 0.1) is 0 Å². The van der Waals surface area contributed by atoms with Crippen LogP contribution in [-0.4, -0.2) is 103 Å². The van der Waals surface area contributed by atoms with Crippen LogP contribution in [0.5, 0.6) is 11.5 Å². The molecule has 8 rings (SSSR count). The number of aliphatic imine (C=N–C) groups is 1. The van der Waals surface area contributed by atoms with E-state index in [1.807, 2.05) is 6.07 Å². The van der Waals surface area contributed by atoms with E-state index < -0.39 is 11.8 Å². The van der Waals surface area contributed by atoms with Crippen molar-refractivity contribution in [2.75, 3.05) is 55.2 Å². The van der Waals surface area contributed by atoms with E-state index in [-0.39, 0.29) is 60.7 Å². The second kappa shape index (κ2) is 17.8. The number of hydrogen-bond donors (Lipinski definition) is 4. The Bertz CT molecular complexity index is 2880. The molecular formula is C45H47N11O8. The second-order valence-electron chi connectivity index (χ2n) is 15.6. The summed E-state index contributed by atoms with van der Waals surface area (Å²) in [6.45, 7) is 5.21. The van der Waals surface area contributed by atoms with E-state index in [1.54, 1.807) is 103 Å². The van der Waals surface area contributed by atoms with Crippen molar-refractivity contribution in [3.05, 3.63) is 108 Å². The van der Waals surface area contributed by atoms with Gasteiger partial charge in [0.1, 0.15) is 18.0 Å². The Hall–Kier alpha value is -7.93. The van der Waals surface area contributed by atoms with Gasteiger partial charge in [-0.25, -0.2) is 4.98 Å². The lowest BCUT2D eigenvalue weighted by Gasteiger charge is -2.20. The second-order valence-corrected chi connectivity index (χ2v) is 15.6. The highest BCUT2D eigenvalue weighted by atomic mass is 16.5. The van der Waals surface area contributed by atoms with E-state index in [0.717, 1.165) is 11.0 Å². The average molecular weight is 870 g/mol. The number of hydrogen-bond acceptors (Lipinski definition) is 11. The third-order valence-corrected chi connectivity index (χ3v) is 10.8. The lowest BCUT2D eigenvalue weighted by Crippen LogP contribution is -2.35. The molecule has 4 amide bonds. The molecule has 6 aromatic rings. The number of amides is 4. The fourth-order valence-electron chi connectivity index (χ4n) is 7.70. The number of aromatic nitrogens is 5. The topological polar surface area (TPSA) is 223 Å². The van der Waals surface area contributed by atoms with E-state index in [1.165, 1.54) is 21.4 Å². The van der Waals surface area contributed by atoms with Crippen molar-refractivity contribution in [1.29, 1.82) is 0 Å². The van der Waals surface area contributed by atoms with E-state index >= 15 is 0 Å². The molecule has 0 unspecified atom stereocenters. The first kappa shape index (κ1) is 42.7. The van der Waals surface area contributed by atoms with Gasteiger partial charge in [-0.2, -0.15) is 0 Å². The summed E-state index contributed by atoms with van der Waals surface area (Å²) in [4.78, 5) is 77.2. The van der Waals surface area contributed by atoms with Gasteiger partial charge in [-0.15, -0.1) is 0 Å². The Morgan fingerprint density at radius 2 is 1.56 bits per heavy atom. The first-order valence-corrected chi connectivity index (χ1v) is 20.4. The predicted molar refractivity (Wildman–Crippen MR) is 240 cm³/mol. The number of nitrogen functional groups attached to an aromatic ring is 1. The largest absolute Gasteiger partial charge is 0.490 e. The van der Waals surface area contributed by atoms with E-state index in [4.69, 9.17) is 19.9 Å². The molecule has 1 saturated heterocycles. The van der Waals surface area contributed by atoms with Crippen molar-refractivity contribution in [3.8, 4) is 11.5 Å². The maximum atomic E-state index is 13.5. The number of aryl methyl sites for hydroxylation is 3. The number of carbonyl (C=O) groups excluding carboxylic acids is 5. The molecule has 2 aliphatic heterocycles. The standard InChI is InChI=1S/C45H47N11O8/c1-26-15-31-21-47-33-20-38(37(64-14-13-62-5)19-32(33)44(60)56(31)22-26)63-12-6-7-40(57)50-39-25-54(4)41(51-39)43(59)49-29-17-35(52(2)23-29)42(58)48-30-18-36(53(3)24-30)45(61)55-11-10-27-16-28(46)8-9-34(27)55/h8-11,16-21,23-25,31H,1,6-7,12-15,22,46H2,2-5H3,(H,48,58)(H,49,59)(H,50,57)/t31-/m0/s1. The number of methoxy groups -OCH3 is 1. The van der Waals surface area contributed by atoms with Crippen LogP contribution in [0.1, 0.15) is 61.2 Å². The normalized spacial score (nSPS) is 14.3. The molecule has 0 spiro atoms. The lowest BCUT2D eigenvalue weighted by molar-refractivity contribution is -0.116. The molecule has 6 heterocycles. The monoisotopic (exact) mass is 869 g/mol. The molecule has 5 N–H and O–H groups in total. The minimum Gasteiger partial charge on any atom is -0.490 e. The van der Waals surface area contributed by atoms with Crippen LogP contribution in [0.4, 0.5) is 28.6 Å². The van der Waals surface area contributed by atoms with Crippen molar-refractivity contribution in [1.82, 2.24) is 28.2 Å². The molecule has 1 fully saturated rings. The number of nitrogens with zero attached hydrogens (tertiary/aromatic N) is 7. The Morgan fingerprint density at radius 1 is 0.844 bits per heavy atom. The molecule has 2 aliphatic rings. The molecule has 2 aromatic carbocycles. The summed E-state index contributed by atoms with van der Waals surface area (Å²) >= 11 is 0. The van der Waals surface area contributed by atoms with Crippen LogP contribution in [0.3, 0.4) is 0 Å². The number of anilines is 4. The third kappa shape index (κ3) is 8.86. The molecule has 0 radical (unpaired) electrons. The van der Waals surface area contributed by atoms with Gasteiger partial charge in [0, 0.05) is 89.4 Å². The first-order chi connectivity index (χ1) is 30.8. The van der Waals surface area contributed by atoms with Crippen LogP contribution in [0.25, 0.3) is 10.9 Å². The van der Waals surface area contributed by atoms with E-state index in [0.29, 0.717) is 77.0 Å². The maximum absolute atomic E-state index is 13.5. The Morgan fingerprint density at radius 3 is 2.34 bits per heavy atom. The molecule has 19 heteroatoms. The van der Waals surface area contributed by atoms with Crippen LogP contribution in [0.2, 0.25) is 0 Å². The zero-order chi connectivity index (χ0) is 45.2. The fraction of sp³-hybridized carbons (Fsp3) is 0.267. The maximum Gasteiger partial charge on any atom is 0.291 e. The van der Waals surface area contributed by atoms with Crippen molar-refractivity contribution in [2.45, 2.75) is 25.3 Å². The highest BCUT2D eigenvalue weighted by Gasteiger charge is 2.34. The number of nitrogens with two attached hydrogens (primary N) is 1. The number of ether oxygens (including phenoxy) is 3. The predicted octanol–water partition coefficient (Wildman–Crippen LogP) is 5.14. The van der Waals surface area contributed by atoms with Gasteiger partial charge in [0.2, 0.25) is 11.7 Å². The van der Waals surface area contributed by atoms with E-state index in [2.05, 4.69) is 32.5 Å². The SMILES string of the molecule is C=C1C[C@H]2C=Nc3cc(OCCCC(=O)Nc4cn(C)c(C(=O)Nc5cc(C(=O)Nc6cc(C(=O)n7ccc8cc(N)ccc87)n(C)c6)n(C)c5)n4)c(OCCOC)cc3C(=O)N2C1. The Balaban J connectivity index is 0.843. The number of nitrogens with one attached hydrogen (secondary N) is 3. The number of benzene rings is 2. The minimum absolute atomic E-state index is 0.0182. The van der Waals surface area contributed by atoms with Crippen LogP contribution < -0.4 is 31.2 Å². The fourth-order valence-corrected chi connectivity index (χ4v) is 7.70. The van der Waals surface area contributed by atoms with Crippen molar-refractivity contribution >= 4 is 75.2 Å². The summed E-state index contributed by atoms with van der Waals surface area (Å²) in [5.41, 5.74) is 10.4. The van der Waals surface area contributed by atoms with Gasteiger partial charge in [-0.3, -0.25) is 33.5 Å². The molecule has 330 valence electrons. The molecule has 0 bridgehead atoms. The van der Waals surface area contributed by atoms with Gasteiger partial charge in [0.15, 0.2) is 17.3 Å². The summed E-state index contributed by atoms with van der Waals surface area (Å²) in [6.07, 6.45) is 9.24. The van der Waals surface area contributed by atoms with Crippen LogP contribution in [-0.2, 0) is 30.7 Å². The highest BCUT2D eigenvalue weighted by molar-refractivity contribution is 6.08.